The first-order valence-corrected chi connectivity index (χ1v) is 7.92. The molecular formula is C16H23N3S. The molecule has 2 heterocycles. The Morgan fingerprint density at radius 2 is 2.05 bits per heavy atom. The monoisotopic (exact) mass is 289 g/mol. The fourth-order valence-electron chi connectivity index (χ4n) is 2.09. The molecule has 0 aromatic carbocycles. The van der Waals surface area contributed by atoms with Crippen molar-refractivity contribution in [2.24, 2.45) is 0 Å². The van der Waals surface area contributed by atoms with E-state index in [4.69, 9.17) is 0 Å². The molecule has 1 N–H and O–H groups in total. The lowest BCUT2D eigenvalue weighted by Gasteiger charge is -2.27. The average Bonchev–Trinajstić information content (AvgIpc) is 2.97. The lowest BCUT2D eigenvalue weighted by molar-refractivity contribution is 0.645. The van der Waals surface area contributed by atoms with Crippen molar-refractivity contribution in [2.75, 3.05) is 11.9 Å². The van der Waals surface area contributed by atoms with Gasteiger partial charge in [0.2, 0.25) is 0 Å². The Morgan fingerprint density at radius 1 is 1.25 bits per heavy atom. The number of thiophene rings is 1. The summed E-state index contributed by atoms with van der Waals surface area (Å²) in [5.74, 6) is 1.04. The van der Waals surface area contributed by atoms with E-state index in [9.17, 15) is 0 Å². The summed E-state index contributed by atoms with van der Waals surface area (Å²) in [5, 5.41) is 5.36. The summed E-state index contributed by atoms with van der Waals surface area (Å²) in [7, 11) is 1.97. The predicted octanol–water partition coefficient (Wildman–Crippen LogP) is 3.84. The number of nitrogens with zero attached hydrogens (tertiary/aromatic N) is 2. The Kier molecular flexibility index (Phi) is 5.15. The minimum Gasteiger partial charge on any atom is -0.349 e. The highest BCUT2D eigenvalue weighted by atomic mass is 32.1. The zero-order chi connectivity index (χ0) is 14.5. The van der Waals surface area contributed by atoms with E-state index in [1.54, 1.807) is 11.3 Å². The zero-order valence-electron chi connectivity index (χ0n) is 12.6. The van der Waals surface area contributed by atoms with Crippen LogP contribution in [0.2, 0.25) is 0 Å². The van der Waals surface area contributed by atoms with E-state index in [1.807, 2.05) is 13.2 Å². The Balaban J connectivity index is 2.17. The second-order valence-electron chi connectivity index (χ2n) is 5.26. The molecule has 1 unspecified atom stereocenters. The van der Waals surface area contributed by atoms with E-state index in [2.05, 4.69) is 65.6 Å². The van der Waals surface area contributed by atoms with Gasteiger partial charge >= 0.3 is 0 Å². The molecule has 0 saturated carbocycles. The van der Waals surface area contributed by atoms with Gasteiger partial charge in [-0.05, 0) is 50.9 Å². The minimum absolute atomic E-state index is 0.335. The van der Waals surface area contributed by atoms with Gasteiger partial charge in [0, 0.05) is 23.2 Å². The second kappa shape index (κ2) is 6.86. The molecule has 0 spiro atoms. The second-order valence-corrected chi connectivity index (χ2v) is 6.29. The topological polar surface area (TPSA) is 28.2 Å². The van der Waals surface area contributed by atoms with Crippen molar-refractivity contribution < 1.29 is 0 Å². The molecule has 20 heavy (non-hydrogen) atoms. The average molecular weight is 289 g/mol. The Morgan fingerprint density at radius 3 is 2.55 bits per heavy atom. The number of hydrogen-bond donors (Lipinski definition) is 1. The number of anilines is 1. The molecule has 2 aromatic heterocycles. The summed E-state index contributed by atoms with van der Waals surface area (Å²) in [5.41, 5.74) is 1.22. The van der Waals surface area contributed by atoms with Crippen LogP contribution in [-0.4, -0.2) is 18.1 Å². The first-order valence-electron chi connectivity index (χ1n) is 7.04. The first-order chi connectivity index (χ1) is 9.61. The van der Waals surface area contributed by atoms with Crippen LogP contribution in [0.4, 0.5) is 5.82 Å². The third kappa shape index (κ3) is 3.58. The van der Waals surface area contributed by atoms with Crippen molar-refractivity contribution in [3.05, 3.63) is 46.3 Å². The molecule has 0 amide bonds. The highest BCUT2D eigenvalue weighted by molar-refractivity contribution is 7.09. The van der Waals surface area contributed by atoms with Gasteiger partial charge in [-0.25, -0.2) is 4.98 Å². The highest BCUT2D eigenvalue weighted by Crippen LogP contribution is 2.21. The van der Waals surface area contributed by atoms with Gasteiger partial charge in [0.15, 0.2) is 0 Å². The standard InChI is InChI=1S/C16H23N3S/c1-12(2)19(11-15-6-5-9-20-15)16-8-7-14(10-18-16)13(3)17-4/h5-10,12-13,17H,11H2,1-4H3. The quantitative estimate of drug-likeness (QED) is 0.876. The maximum atomic E-state index is 4.64. The Bertz CT molecular complexity index is 505. The molecule has 0 radical (unpaired) electrons. The van der Waals surface area contributed by atoms with Crippen LogP contribution in [0.1, 0.15) is 37.3 Å². The summed E-state index contributed by atoms with van der Waals surface area (Å²) in [6, 6.07) is 9.32. The minimum atomic E-state index is 0.335. The summed E-state index contributed by atoms with van der Waals surface area (Å²) >= 11 is 1.80. The normalized spacial score (nSPS) is 12.7. The fourth-order valence-corrected chi connectivity index (χ4v) is 2.79. The van der Waals surface area contributed by atoms with E-state index < -0.39 is 0 Å². The molecule has 0 fully saturated rings. The van der Waals surface area contributed by atoms with Crippen LogP contribution in [-0.2, 0) is 6.54 Å². The van der Waals surface area contributed by atoms with Gasteiger partial charge in [-0.2, -0.15) is 0 Å². The van der Waals surface area contributed by atoms with Crippen LogP contribution < -0.4 is 10.2 Å². The van der Waals surface area contributed by atoms with Gasteiger partial charge in [0.05, 0.1) is 6.54 Å². The lowest BCUT2D eigenvalue weighted by Crippen LogP contribution is -2.30. The maximum Gasteiger partial charge on any atom is 0.129 e. The van der Waals surface area contributed by atoms with Crippen LogP contribution in [0, 0.1) is 0 Å². The Labute approximate surface area is 125 Å². The molecule has 2 rings (SSSR count). The van der Waals surface area contributed by atoms with E-state index in [-0.39, 0.29) is 0 Å². The Hall–Kier alpha value is -1.39. The lowest BCUT2D eigenvalue weighted by atomic mass is 10.1. The fraction of sp³-hybridized carbons (Fsp3) is 0.438. The SMILES string of the molecule is CNC(C)c1ccc(N(Cc2cccs2)C(C)C)nc1. The summed E-state index contributed by atoms with van der Waals surface area (Å²) < 4.78 is 0. The number of rotatable bonds is 6. The van der Waals surface area contributed by atoms with Crippen LogP contribution in [0.5, 0.6) is 0 Å². The first kappa shape index (κ1) is 15.0. The van der Waals surface area contributed by atoms with Gasteiger partial charge < -0.3 is 10.2 Å². The molecular weight excluding hydrogens is 266 g/mol. The van der Waals surface area contributed by atoms with Crippen molar-refractivity contribution in [3.8, 4) is 0 Å². The van der Waals surface area contributed by atoms with Crippen molar-refractivity contribution in [1.82, 2.24) is 10.3 Å². The van der Waals surface area contributed by atoms with Crippen LogP contribution in [0.15, 0.2) is 35.8 Å². The number of nitrogens with one attached hydrogen (secondary N) is 1. The highest BCUT2D eigenvalue weighted by Gasteiger charge is 2.13. The molecule has 0 aliphatic carbocycles. The molecule has 3 nitrogen and oxygen atoms in total. The van der Waals surface area contributed by atoms with Gasteiger partial charge in [-0.15, -0.1) is 11.3 Å². The summed E-state index contributed by atoms with van der Waals surface area (Å²) in [4.78, 5) is 8.34. The third-order valence-electron chi connectivity index (χ3n) is 3.53. The zero-order valence-corrected chi connectivity index (χ0v) is 13.4. The van der Waals surface area contributed by atoms with Crippen molar-refractivity contribution in [3.63, 3.8) is 0 Å². The van der Waals surface area contributed by atoms with E-state index >= 15 is 0 Å². The molecule has 0 aliphatic rings. The van der Waals surface area contributed by atoms with Crippen LogP contribution in [0.25, 0.3) is 0 Å². The molecule has 0 saturated heterocycles. The number of hydrogen-bond acceptors (Lipinski definition) is 4. The van der Waals surface area contributed by atoms with E-state index in [0.717, 1.165) is 12.4 Å². The molecule has 2 aromatic rings. The number of aromatic nitrogens is 1. The van der Waals surface area contributed by atoms with E-state index in [1.165, 1.54) is 10.4 Å². The molecule has 108 valence electrons. The summed E-state index contributed by atoms with van der Waals surface area (Å²) in [6.07, 6.45) is 1.97. The molecule has 0 aliphatic heterocycles. The van der Waals surface area contributed by atoms with Gasteiger partial charge in [-0.3, -0.25) is 0 Å². The predicted molar refractivity (Wildman–Crippen MR) is 87.3 cm³/mol. The van der Waals surface area contributed by atoms with Crippen molar-refractivity contribution in [1.29, 1.82) is 0 Å². The third-order valence-corrected chi connectivity index (χ3v) is 4.39. The van der Waals surface area contributed by atoms with Gasteiger partial charge in [0.25, 0.3) is 0 Å². The maximum absolute atomic E-state index is 4.64. The van der Waals surface area contributed by atoms with E-state index in [0.29, 0.717) is 12.1 Å². The smallest absolute Gasteiger partial charge is 0.129 e. The number of pyridine rings is 1. The van der Waals surface area contributed by atoms with Crippen LogP contribution >= 0.6 is 11.3 Å². The van der Waals surface area contributed by atoms with Crippen LogP contribution in [0.3, 0.4) is 0 Å². The largest absolute Gasteiger partial charge is 0.349 e. The molecule has 0 bridgehead atoms. The van der Waals surface area contributed by atoms with Gasteiger partial charge in [0.1, 0.15) is 5.82 Å². The van der Waals surface area contributed by atoms with Crippen molar-refractivity contribution >= 4 is 17.2 Å². The molecule has 4 heteroatoms. The van der Waals surface area contributed by atoms with Gasteiger partial charge in [-0.1, -0.05) is 12.1 Å². The summed E-state index contributed by atoms with van der Waals surface area (Å²) in [6.45, 7) is 7.48. The molecule has 1 atom stereocenters. The van der Waals surface area contributed by atoms with Crippen molar-refractivity contribution in [2.45, 2.75) is 39.4 Å².